The Morgan fingerprint density at radius 3 is 1.94 bits per heavy atom. The summed E-state index contributed by atoms with van der Waals surface area (Å²) in [5.41, 5.74) is 2.90. The summed E-state index contributed by atoms with van der Waals surface area (Å²) in [7, 11) is 0. The Bertz CT molecular complexity index is 1300. The van der Waals surface area contributed by atoms with Gasteiger partial charge in [-0.3, -0.25) is 29.8 Å². The molecule has 5 rings (SSSR count). The van der Waals surface area contributed by atoms with Gasteiger partial charge in [-0.2, -0.15) is 0 Å². The first kappa shape index (κ1) is 22.5. The smallest absolute Gasteiger partial charge is 0.318 e. The molecule has 0 saturated carbocycles. The number of benzene rings is 2. The molecule has 10 nitrogen and oxygen atoms in total. The molecule has 2 aromatic carbocycles. The quantitative estimate of drug-likeness (QED) is 0.470. The van der Waals surface area contributed by atoms with E-state index in [1.54, 1.807) is 24.3 Å². The van der Waals surface area contributed by atoms with Crippen molar-refractivity contribution in [2.45, 2.75) is 44.4 Å². The van der Waals surface area contributed by atoms with E-state index in [1.165, 1.54) is 6.07 Å². The minimum absolute atomic E-state index is 0.0375. The van der Waals surface area contributed by atoms with Crippen molar-refractivity contribution in [1.29, 1.82) is 0 Å². The zero-order valence-corrected chi connectivity index (χ0v) is 18.6. The van der Waals surface area contributed by atoms with Crippen LogP contribution in [0, 0.1) is 20.2 Å². The molecule has 2 aromatic rings. The topological polar surface area (TPSA) is 142 Å². The van der Waals surface area contributed by atoms with Crippen molar-refractivity contribution in [2.24, 2.45) is 0 Å². The molecule has 178 valence electrons. The number of ether oxygens (including phenoxy) is 1. The van der Waals surface area contributed by atoms with Crippen molar-refractivity contribution in [2.75, 3.05) is 0 Å². The Labute approximate surface area is 199 Å². The van der Waals surface area contributed by atoms with Gasteiger partial charge in [0.05, 0.1) is 15.9 Å². The van der Waals surface area contributed by atoms with Gasteiger partial charge in [0, 0.05) is 47.4 Å². The summed E-state index contributed by atoms with van der Waals surface area (Å²) >= 11 is 0. The molecular formula is C25H21N3O7. The molecule has 0 fully saturated rings. The average Bonchev–Trinajstić information content (AvgIpc) is 2.84. The van der Waals surface area contributed by atoms with E-state index in [0.717, 1.165) is 54.8 Å². The van der Waals surface area contributed by atoms with Gasteiger partial charge in [0.15, 0.2) is 11.6 Å². The van der Waals surface area contributed by atoms with E-state index in [4.69, 9.17) is 4.74 Å². The number of rotatable bonds is 5. The van der Waals surface area contributed by atoms with Gasteiger partial charge in [-0.15, -0.1) is 0 Å². The molecule has 0 atom stereocenters. The largest absolute Gasteiger partial charge is 0.450 e. The van der Waals surface area contributed by atoms with Gasteiger partial charge in [0.25, 0.3) is 5.69 Å². The van der Waals surface area contributed by atoms with Gasteiger partial charge in [-0.1, -0.05) is 12.1 Å². The number of non-ortho nitro benzene ring substituents is 1. The minimum Gasteiger partial charge on any atom is -0.450 e. The van der Waals surface area contributed by atoms with Gasteiger partial charge in [-0.05, 0) is 49.4 Å². The fourth-order valence-corrected chi connectivity index (χ4v) is 5.02. The van der Waals surface area contributed by atoms with Crippen LogP contribution in [-0.4, -0.2) is 21.4 Å². The van der Waals surface area contributed by atoms with Gasteiger partial charge < -0.3 is 10.1 Å². The standard InChI is InChI=1S/C25H21N3O7/c29-20-5-1-3-17-24(20)23(25-18(26-17)4-2-6-21(25)30)14-7-10-16(11-8-14)35-22-12-9-15(27(31)32)13-19(22)28(33)34/h7-13,23,26H,1-6H2. The van der Waals surface area contributed by atoms with Crippen molar-refractivity contribution >= 4 is 22.9 Å². The van der Waals surface area contributed by atoms with Crippen LogP contribution in [0.5, 0.6) is 11.5 Å². The number of Topliss-reactive ketones (excluding diaryl/α,β-unsaturated/α-hetero) is 2. The number of hydrogen-bond acceptors (Lipinski definition) is 8. The van der Waals surface area contributed by atoms with E-state index in [0.29, 0.717) is 24.0 Å². The van der Waals surface area contributed by atoms with Crippen molar-refractivity contribution in [1.82, 2.24) is 5.32 Å². The molecule has 0 saturated heterocycles. The van der Waals surface area contributed by atoms with Crippen LogP contribution in [0.25, 0.3) is 0 Å². The number of ketones is 2. The maximum atomic E-state index is 12.9. The van der Waals surface area contributed by atoms with Gasteiger partial charge in [0.1, 0.15) is 5.75 Å². The lowest BCUT2D eigenvalue weighted by Crippen LogP contribution is -2.36. The van der Waals surface area contributed by atoms with Crippen LogP contribution >= 0.6 is 0 Å². The summed E-state index contributed by atoms with van der Waals surface area (Å²) in [6, 6.07) is 9.91. The number of allylic oxidation sites excluding steroid dienone is 4. The lowest BCUT2D eigenvalue weighted by molar-refractivity contribution is -0.394. The molecule has 1 aliphatic heterocycles. The maximum absolute atomic E-state index is 12.9. The minimum atomic E-state index is -0.739. The normalized spacial score (nSPS) is 18.1. The lowest BCUT2D eigenvalue weighted by Gasteiger charge is -2.37. The Morgan fingerprint density at radius 1 is 0.800 bits per heavy atom. The molecule has 10 heteroatoms. The van der Waals surface area contributed by atoms with Crippen LogP contribution in [0.15, 0.2) is 65.0 Å². The van der Waals surface area contributed by atoms with Crippen molar-refractivity contribution in [3.05, 3.63) is 90.8 Å². The van der Waals surface area contributed by atoms with E-state index < -0.39 is 27.1 Å². The number of carbonyl (C=O) groups excluding carboxylic acids is 2. The summed E-state index contributed by atoms with van der Waals surface area (Å²) < 4.78 is 5.67. The summed E-state index contributed by atoms with van der Waals surface area (Å²) in [5.74, 6) is -0.223. The first-order valence-electron chi connectivity index (χ1n) is 11.3. The lowest BCUT2D eigenvalue weighted by atomic mass is 9.71. The molecule has 1 heterocycles. The predicted molar refractivity (Wildman–Crippen MR) is 124 cm³/mol. The highest BCUT2D eigenvalue weighted by molar-refractivity contribution is 6.06. The molecule has 1 N–H and O–H groups in total. The fourth-order valence-electron chi connectivity index (χ4n) is 5.02. The van der Waals surface area contributed by atoms with Crippen LogP contribution in [0.1, 0.15) is 50.0 Å². The second kappa shape index (κ2) is 8.79. The second-order valence-electron chi connectivity index (χ2n) is 8.73. The van der Waals surface area contributed by atoms with Gasteiger partial charge >= 0.3 is 5.69 Å². The third-order valence-electron chi connectivity index (χ3n) is 6.58. The number of nitrogens with one attached hydrogen (secondary N) is 1. The van der Waals surface area contributed by atoms with E-state index in [-0.39, 0.29) is 23.1 Å². The Balaban J connectivity index is 1.49. The molecule has 0 amide bonds. The molecule has 0 bridgehead atoms. The number of nitrogens with zero attached hydrogens (tertiary/aromatic N) is 2. The number of nitro groups is 2. The van der Waals surface area contributed by atoms with Crippen molar-refractivity contribution in [3.63, 3.8) is 0 Å². The van der Waals surface area contributed by atoms with E-state index >= 15 is 0 Å². The Kier molecular flexibility index (Phi) is 5.64. The predicted octanol–water partition coefficient (Wildman–Crippen LogP) is 5.00. The number of nitro benzene ring substituents is 2. The Morgan fingerprint density at radius 2 is 1.40 bits per heavy atom. The highest BCUT2D eigenvalue weighted by Crippen LogP contribution is 2.45. The number of hydrogen-bond donors (Lipinski definition) is 1. The van der Waals surface area contributed by atoms with Crippen LogP contribution in [0.4, 0.5) is 11.4 Å². The second-order valence-corrected chi connectivity index (χ2v) is 8.73. The monoisotopic (exact) mass is 475 g/mol. The summed E-state index contributed by atoms with van der Waals surface area (Å²) in [6.45, 7) is 0. The van der Waals surface area contributed by atoms with Gasteiger partial charge in [0.2, 0.25) is 5.75 Å². The van der Waals surface area contributed by atoms with Crippen LogP contribution < -0.4 is 10.1 Å². The van der Waals surface area contributed by atoms with Crippen LogP contribution in [0.3, 0.4) is 0 Å². The van der Waals surface area contributed by atoms with Crippen LogP contribution in [0.2, 0.25) is 0 Å². The molecule has 0 aromatic heterocycles. The molecule has 2 aliphatic carbocycles. The van der Waals surface area contributed by atoms with E-state index in [9.17, 15) is 29.8 Å². The maximum Gasteiger partial charge on any atom is 0.318 e. The SMILES string of the molecule is O=C1CCCC2=C1C(c1ccc(Oc3ccc([N+](=O)[O-])cc3[N+](=O)[O-])cc1)C1=C(CCCC1=O)N2. The van der Waals surface area contributed by atoms with Gasteiger partial charge in [-0.25, -0.2) is 0 Å². The zero-order valence-electron chi connectivity index (χ0n) is 18.6. The van der Waals surface area contributed by atoms with Crippen LogP contribution in [-0.2, 0) is 9.59 Å². The first-order chi connectivity index (χ1) is 16.8. The zero-order chi connectivity index (χ0) is 24.7. The third-order valence-corrected chi connectivity index (χ3v) is 6.58. The summed E-state index contributed by atoms with van der Waals surface area (Å²) in [4.78, 5) is 46.7. The molecule has 0 unspecified atom stereocenters. The molecule has 3 aliphatic rings. The van der Waals surface area contributed by atoms with Crippen molar-refractivity contribution in [3.8, 4) is 11.5 Å². The third kappa shape index (κ3) is 4.07. The molecular weight excluding hydrogens is 454 g/mol. The number of carbonyl (C=O) groups is 2. The molecule has 35 heavy (non-hydrogen) atoms. The van der Waals surface area contributed by atoms with Crippen molar-refractivity contribution < 1.29 is 24.2 Å². The van der Waals surface area contributed by atoms with E-state index in [1.807, 2.05) is 0 Å². The highest BCUT2D eigenvalue weighted by Gasteiger charge is 2.40. The van der Waals surface area contributed by atoms with E-state index in [2.05, 4.69) is 5.32 Å². The summed E-state index contributed by atoms with van der Waals surface area (Å²) in [5, 5.41) is 25.7. The summed E-state index contributed by atoms with van der Waals surface area (Å²) in [6.07, 6.45) is 3.95. The fraction of sp³-hybridized carbons (Fsp3) is 0.280. The Hall–Kier alpha value is -4.34. The molecule has 0 spiro atoms. The number of dihydropyridines is 1. The molecule has 0 radical (unpaired) electrons. The average molecular weight is 475 g/mol. The first-order valence-corrected chi connectivity index (χ1v) is 11.3. The highest BCUT2D eigenvalue weighted by atomic mass is 16.6.